The van der Waals surface area contributed by atoms with Gasteiger partial charge in [-0.3, -0.25) is 0 Å². The number of benzene rings is 2. The molecule has 32 heavy (non-hydrogen) atoms. The highest BCUT2D eigenvalue weighted by Crippen LogP contribution is 2.38. The Balaban J connectivity index is 2.19. The van der Waals surface area contributed by atoms with Crippen LogP contribution in [-0.4, -0.2) is 32.2 Å². The minimum atomic E-state index is -3.82. The number of aromatic nitrogens is 1. The number of sulfonamides is 1. The SMILES string of the molecule is CCCCOc1nc(-c2ccc(OC)c(Cl)c2)c(-c2ccc(S(N)(=O)=O)cc2)cc1CO. The van der Waals surface area contributed by atoms with Crippen molar-refractivity contribution in [2.24, 2.45) is 5.14 Å². The number of methoxy groups -OCH3 is 1. The number of hydrogen-bond donors (Lipinski definition) is 2. The van der Waals surface area contributed by atoms with Gasteiger partial charge in [0.15, 0.2) is 0 Å². The molecular formula is C23H25ClN2O5S. The summed E-state index contributed by atoms with van der Waals surface area (Å²) in [5, 5.41) is 15.6. The van der Waals surface area contributed by atoms with Crippen molar-refractivity contribution in [1.29, 1.82) is 0 Å². The molecule has 1 heterocycles. The summed E-state index contributed by atoms with van der Waals surface area (Å²) >= 11 is 6.34. The normalized spacial score (nSPS) is 11.4. The molecule has 0 saturated heterocycles. The van der Waals surface area contributed by atoms with Crippen LogP contribution in [-0.2, 0) is 16.6 Å². The first-order valence-electron chi connectivity index (χ1n) is 10.0. The van der Waals surface area contributed by atoms with Gasteiger partial charge < -0.3 is 14.6 Å². The van der Waals surface area contributed by atoms with Gasteiger partial charge in [0.25, 0.3) is 0 Å². The Hall–Kier alpha value is -2.65. The van der Waals surface area contributed by atoms with Crippen LogP contribution in [0.4, 0.5) is 0 Å². The molecule has 3 rings (SSSR count). The molecule has 0 spiro atoms. The highest BCUT2D eigenvalue weighted by molar-refractivity contribution is 7.89. The molecule has 0 aliphatic carbocycles. The number of ether oxygens (including phenoxy) is 2. The van der Waals surface area contributed by atoms with Crippen LogP contribution in [0.2, 0.25) is 5.02 Å². The zero-order chi connectivity index (χ0) is 23.3. The van der Waals surface area contributed by atoms with E-state index in [9.17, 15) is 13.5 Å². The Morgan fingerprint density at radius 1 is 1.09 bits per heavy atom. The number of halogens is 1. The summed E-state index contributed by atoms with van der Waals surface area (Å²) in [6.07, 6.45) is 1.82. The maximum Gasteiger partial charge on any atom is 0.238 e. The number of unbranched alkanes of at least 4 members (excludes halogenated alkanes) is 1. The first-order chi connectivity index (χ1) is 15.3. The van der Waals surface area contributed by atoms with E-state index >= 15 is 0 Å². The first-order valence-corrected chi connectivity index (χ1v) is 12.0. The van der Waals surface area contributed by atoms with Crippen LogP contribution in [0.25, 0.3) is 22.4 Å². The molecule has 0 unspecified atom stereocenters. The van der Waals surface area contributed by atoms with Gasteiger partial charge in [-0.15, -0.1) is 0 Å². The van der Waals surface area contributed by atoms with Crippen molar-refractivity contribution in [2.45, 2.75) is 31.3 Å². The van der Waals surface area contributed by atoms with Crippen molar-refractivity contribution < 1.29 is 23.0 Å². The number of rotatable bonds is 9. The smallest absolute Gasteiger partial charge is 0.238 e. The van der Waals surface area contributed by atoms with Crippen molar-refractivity contribution in [2.75, 3.05) is 13.7 Å². The Morgan fingerprint density at radius 2 is 1.78 bits per heavy atom. The lowest BCUT2D eigenvalue weighted by Crippen LogP contribution is -2.11. The van der Waals surface area contributed by atoms with E-state index in [1.807, 2.05) is 6.07 Å². The summed E-state index contributed by atoms with van der Waals surface area (Å²) in [5.41, 5.74) is 3.18. The number of aliphatic hydroxyl groups is 1. The van der Waals surface area contributed by atoms with Gasteiger partial charge in [-0.1, -0.05) is 37.1 Å². The summed E-state index contributed by atoms with van der Waals surface area (Å²) in [5.74, 6) is 0.869. The monoisotopic (exact) mass is 476 g/mol. The molecule has 3 N–H and O–H groups in total. The van der Waals surface area contributed by atoms with Gasteiger partial charge in [-0.05, 0) is 48.4 Å². The molecule has 0 amide bonds. The van der Waals surface area contributed by atoms with Crippen molar-refractivity contribution >= 4 is 21.6 Å². The van der Waals surface area contributed by atoms with Crippen LogP contribution in [0.3, 0.4) is 0 Å². The van der Waals surface area contributed by atoms with Crippen molar-refractivity contribution in [3.8, 4) is 34.0 Å². The minimum absolute atomic E-state index is 0.00477. The van der Waals surface area contributed by atoms with E-state index in [0.29, 0.717) is 51.2 Å². The quantitative estimate of drug-likeness (QED) is 0.443. The second-order valence-corrected chi connectivity index (χ2v) is 9.10. The summed E-state index contributed by atoms with van der Waals surface area (Å²) in [6.45, 7) is 2.27. The van der Waals surface area contributed by atoms with Gasteiger partial charge in [0.2, 0.25) is 15.9 Å². The van der Waals surface area contributed by atoms with Gasteiger partial charge >= 0.3 is 0 Å². The van der Waals surface area contributed by atoms with Gasteiger partial charge in [0, 0.05) is 16.7 Å². The maximum absolute atomic E-state index is 11.6. The lowest BCUT2D eigenvalue weighted by molar-refractivity contribution is 0.255. The zero-order valence-corrected chi connectivity index (χ0v) is 19.4. The summed E-state index contributed by atoms with van der Waals surface area (Å²) in [6, 6.07) is 13.2. The lowest BCUT2D eigenvalue weighted by Gasteiger charge is -2.16. The molecule has 9 heteroatoms. The number of aliphatic hydroxyl groups excluding tert-OH is 1. The Morgan fingerprint density at radius 3 is 2.34 bits per heavy atom. The van der Waals surface area contributed by atoms with E-state index in [2.05, 4.69) is 6.92 Å². The van der Waals surface area contributed by atoms with Crippen LogP contribution in [0.1, 0.15) is 25.3 Å². The van der Waals surface area contributed by atoms with E-state index in [0.717, 1.165) is 12.8 Å². The fourth-order valence-corrected chi connectivity index (χ4v) is 3.94. The topological polar surface area (TPSA) is 112 Å². The summed E-state index contributed by atoms with van der Waals surface area (Å²) in [7, 11) is -2.28. The predicted molar refractivity (Wildman–Crippen MR) is 124 cm³/mol. The standard InChI is InChI=1S/C23H25ClN2O5S/c1-3-4-11-31-23-17(14-27)12-19(15-5-8-18(9-6-15)32(25,28)29)22(26-23)16-7-10-21(30-2)20(24)13-16/h5-10,12-13,27H,3-4,11,14H2,1-2H3,(H2,25,28,29). The third-order valence-electron chi connectivity index (χ3n) is 4.89. The number of pyridine rings is 1. The van der Waals surface area contributed by atoms with Gasteiger partial charge in [-0.25, -0.2) is 18.5 Å². The molecule has 170 valence electrons. The molecule has 0 fully saturated rings. The number of hydrogen-bond acceptors (Lipinski definition) is 6. The molecule has 0 saturated carbocycles. The lowest BCUT2D eigenvalue weighted by atomic mass is 9.97. The third kappa shape index (κ3) is 5.39. The second kappa shape index (κ2) is 10.3. The molecule has 0 aliphatic rings. The molecule has 0 radical (unpaired) electrons. The molecule has 1 aromatic heterocycles. The number of nitrogens with two attached hydrogens (primary N) is 1. The highest BCUT2D eigenvalue weighted by atomic mass is 35.5. The van der Waals surface area contributed by atoms with Gasteiger partial charge in [0.1, 0.15) is 5.75 Å². The average molecular weight is 477 g/mol. The number of primary sulfonamides is 1. The molecule has 7 nitrogen and oxygen atoms in total. The van der Waals surface area contributed by atoms with Crippen molar-refractivity contribution in [3.05, 3.63) is 59.1 Å². The van der Waals surface area contributed by atoms with Crippen LogP contribution in [0.15, 0.2) is 53.4 Å². The minimum Gasteiger partial charge on any atom is -0.495 e. The third-order valence-corrected chi connectivity index (χ3v) is 6.11. The van der Waals surface area contributed by atoms with E-state index in [4.69, 9.17) is 31.2 Å². The predicted octanol–water partition coefficient (Wildman–Crippen LogP) is 4.40. The van der Waals surface area contributed by atoms with E-state index in [-0.39, 0.29) is 11.5 Å². The highest BCUT2D eigenvalue weighted by Gasteiger charge is 2.18. The van der Waals surface area contributed by atoms with Crippen LogP contribution in [0, 0.1) is 0 Å². The largest absolute Gasteiger partial charge is 0.495 e. The van der Waals surface area contributed by atoms with Crippen LogP contribution >= 0.6 is 11.6 Å². The van der Waals surface area contributed by atoms with Crippen LogP contribution < -0.4 is 14.6 Å². The van der Waals surface area contributed by atoms with Crippen LogP contribution in [0.5, 0.6) is 11.6 Å². The summed E-state index contributed by atoms with van der Waals surface area (Å²) in [4.78, 5) is 4.71. The maximum atomic E-state index is 11.6. The molecule has 2 aromatic carbocycles. The Labute approximate surface area is 192 Å². The first kappa shape index (κ1) is 24.0. The molecule has 0 atom stereocenters. The number of nitrogens with zero attached hydrogens (tertiary/aromatic N) is 1. The Bertz CT molecular complexity index is 1200. The van der Waals surface area contributed by atoms with Crippen molar-refractivity contribution in [1.82, 2.24) is 4.98 Å². The van der Waals surface area contributed by atoms with E-state index in [1.54, 1.807) is 30.3 Å². The molecule has 0 bridgehead atoms. The molecule has 0 aliphatic heterocycles. The van der Waals surface area contributed by atoms with E-state index < -0.39 is 10.0 Å². The molecule has 3 aromatic rings. The fraction of sp³-hybridized carbons (Fsp3) is 0.261. The summed E-state index contributed by atoms with van der Waals surface area (Å²) < 4.78 is 34.3. The average Bonchev–Trinajstić information content (AvgIpc) is 2.78. The fourth-order valence-electron chi connectivity index (χ4n) is 3.17. The van der Waals surface area contributed by atoms with E-state index in [1.165, 1.54) is 19.2 Å². The Kier molecular flexibility index (Phi) is 7.73. The molecular weight excluding hydrogens is 452 g/mol. The second-order valence-electron chi connectivity index (χ2n) is 7.13. The van der Waals surface area contributed by atoms with Gasteiger partial charge in [-0.2, -0.15) is 0 Å². The van der Waals surface area contributed by atoms with Gasteiger partial charge in [0.05, 0.1) is 35.9 Å². The zero-order valence-electron chi connectivity index (χ0n) is 17.8. The van der Waals surface area contributed by atoms with Crippen molar-refractivity contribution in [3.63, 3.8) is 0 Å².